The molecule has 8 heteroatoms. The molecule has 1 aliphatic carbocycles. The molecule has 2 rings (SSSR count). The molecule has 0 amide bonds. The fraction of sp³-hybridized carbons (Fsp3) is 0.462. The third-order valence-electron chi connectivity index (χ3n) is 3.59. The number of nitrogens with one attached hydrogen (secondary N) is 1. The van der Waals surface area contributed by atoms with Crippen LogP contribution in [-0.4, -0.2) is 33.5 Å². The van der Waals surface area contributed by atoms with E-state index in [1.807, 2.05) is 6.26 Å². The predicted octanol–water partition coefficient (Wildman–Crippen LogP) is 3.13. The van der Waals surface area contributed by atoms with Crippen molar-refractivity contribution in [1.82, 2.24) is 0 Å². The van der Waals surface area contributed by atoms with Crippen LogP contribution in [0.15, 0.2) is 12.1 Å². The number of rotatable bonds is 5. The van der Waals surface area contributed by atoms with E-state index in [1.165, 1.54) is 0 Å². The number of halogens is 1. The number of anilines is 1. The average molecular weight is 314 g/mol. The summed E-state index contributed by atoms with van der Waals surface area (Å²) in [5.41, 5.74) is -1.07. The zero-order chi connectivity index (χ0) is 15.6. The quantitative estimate of drug-likeness (QED) is 0.641. The number of thioether (sulfide) groups is 1. The average Bonchev–Trinajstić information content (AvgIpc) is 2.85. The van der Waals surface area contributed by atoms with Gasteiger partial charge >= 0.3 is 5.97 Å². The molecule has 1 aromatic rings. The molecule has 2 unspecified atom stereocenters. The van der Waals surface area contributed by atoms with Crippen LogP contribution in [0.4, 0.5) is 15.8 Å². The molecule has 1 aliphatic rings. The molecule has 1 fully saturated rings. The summed E-state index contributed by atoms with van der Waals surface area (Å²) in [6.45, 7) is 0. The Bertz CT molecular complexity index is 582. The van der Waals surface area contributed by atoms with Crippen molar-refractivity contribution in [2.24, 2.45) is 0 Å². The minimum absolute atomic E-state index is 0.0363. The Morgan fingerprint density at radius 2 is 2.24 bits per heavy atom. The predicted molar refractivity (Wildman–Crippen MR) is 78.6 cm³/mol. The Morgan fingerprint density at radius 3 is 2.76 bits per heavy atom. The number of carboxylic acid groups (broad SMARTS) is 1. The van der Waals surface area contributed by atoms with Gasteiger partial charge in [-0.2, -0.15) is 11.8 Å². The fourth-order valence-corrected chi connectivity index (χ4v) is 3.29. The minimum atomic E-state index is -1.52. The van der Waals surface area contributed by atoms with Gasteiger partial charge in [0.15, 0.2) is 0 Å². The van der Waals surface area contributed by atoms with Crippen LogP contribution in [0.3, 0.4) is 0 Å². The lowest BCUT2D eigenvalue weighted by Crippen LogP contribution is -2.17. The first-order valence-electron chi connectivity index (χ1n) is 6.43. The normalized spacial score (nSPS) is 21.2. The van der Waals surface area contributed by atoms with Crippen molar-refractivity contribution >= 4 is 29.1 Å². The summed E-state index contributed by atoms with van der Waals surface area (Å²) in [6.07, 6.45) is 4.71. The number of aromatic carboxylic acids is 1. The molecule has 0 aliphatic heterocycles. The summed E-state index contributed by atoms with van der Waals surface area (Å²) >= 11 is 1.74. The highest BCUT2D eigenvalue weighted by atomic mass is 32.2. The molecule has 0 aromatic heterocycles. The monoisotopic (exact) mass is 314 g/mol. The van der Waals surface area contributed by atoms with Crippen LogP contribution in [0.25, 0.3) is 0 Å². The van der Waals surface area contributed by atoms with E-state index in [-0.39, 0.29) is 11.7 Å². The minimum Gasteiger partial charge on any atom is -0.478 e. The zero-order valence-electron chi connectivity index (χ0n) is 11.3. The maximum Gasteiger partial charge on any atom is 0.338 e. The van der Waals surface area contributed by atoms with Gasteiger partial charge in [-0.15, -0.1) is 0 Å². The van der Waals surface area contributed by atoms with E-state index in [1.54, 1.807) is 11.8 Å². The summed E-state index contributed by atoms with van der Waals surface area (Å²) in [5.74, 6) is -2.50. The Hall–Kier alpha value is -1.83. The van der Waals surface area contributed by atoms with E-state index < -0.39 is 28.0 Å². The van der Waals surface area contributed by atoms with Crippen molar-refractivity contribution in [1.29, 1.82) is 0 Å². The second kappa shape index (κ2) is 6.30. The molecule has 0 saturated heterocycles. The number of nitro groups is 1. The van der Waals surface area contributed by atoms with E-state index >= 15 is 0 Å². The number of nitro benzene ring substituents is 1. The topological polar surface area (TPSA) is 92.5 Å². The molecule has 1 saturated carbocycles. The molecule has 0 heterocycles. The van der Waals surface area contributed by atoms with Crippen LogP contribution in [0.2, 0.25) is 0 Å². The molecule has 114 valence electrons. The first-order valence-corrected chi connectivity index (χ1v) is 7.71. The van der Waals surface area contributed by atoms with Crippen LogP contribution in [-0.2, 0) is 0 Å². The van der Waals surface area contributed by atoms with Crippen molar-refractivity contribution in [3.05, 3.63) is 33.6 Å². The summed E-state index contributed by atoms with van der Waals surface area (Å²) in [4.78, 5) is 21.2. The third-order valence-corrected chi connectivity index (χ3v) is 4.68. The maximum atomic E-state index is 13.7. The second-order valence-electron chi connectivity index (χ2n) is 4.92. The number of nitrogens with zero attached hydrogens (tertiary/aromatic N) is 1. The Labute approximate surface area is 124 Å². The van der Waals surface area contributed by atoms with Crippen LogP contribution in [0, 0.1) is 15.9 Å². The first kappa shape index (κ1) is 15.6. The van der Waals surface area contributed by atoms with Crippen molar-refractivity contribution in [3.8, 4) is 0 Å². The van der Waals surface area contributed by atoms with Crippen molar-refractivity contribution < 1.29 is 19.2 Å². The van der Waals surface area contributed by atoms with Gasteiger partial charge in [-0.1, -0.05) is 0 Å². The molecule has 0 radical (unpaired) electrons. The van der Waals surface area contributed by atoms with Crippen molar-refractivity contribution in [2.75, 3.05) is 11.6 Å². The Kier molecular flexibility index (Phi) is 4.66. The van der Waals surface area contributed by atoms with E-state index in [2.05, 4.69) is 5.32 Å². The van der Waals surface area contributed by atoms with Crippen LogP contribution in [0.5, 0.6) is 0 Å². The number of hydrogen-bond donors (Lipinski definition) is 2. The third kappa shape index (κ3) is 3.44. The second-order valence-corrected chi connectivity index (χ2v) is 6.06. The molecule has 1 aromatic carbocycles. The van der Waals surface area contributed by atoms with Gasteiger partial charge in [-0.05, 0) is 25.5 Å². The van der Waals surface area contributed by atoms with Crippen LogP contribution >= 0.6 is 11.8 Å². The summed E-state index contributed by atoms with van der Waals surface area (Å²) in [5, 5.41) is 23.3. The van der Waals surface area contributed by atoms with Gasteiger partial charge in [-0.3, -0.25) is 10.1 Å². The van der Waals surface area contributed by atoms with E-state index in [0.717, 1.165) is 31.4 Å². The molecule has 0 spiro atoms. The van der Waals surface area contributed by atoms with Gasteiger partial charge in [-0.25, -0.2) is 9.18 Å². The molecule has 6 nitrogen and oxygen atoms in total. The molecule has 21 heavy (non-hydrogen) atoms. The van der Waals surface area contributed by atoms with Gasteiger partial charge in [0.05, 0.1) is 4.92 Å². The van der Waals surface area contributed by atoms with Gasteiger partial charge in [0, 0.05) is 23.4 Å². The Balaban J connectivity index is 2.28. The molecule has 0 bridgehead atoms. The standard InChI is InChI=1S/C13H15FN2O4S/c1-21-8-3-2-7(4-8)15-11-6-10(14)9(13(17)18)5-12(11)16(19)20/h5-8,15H,2-4H2,1H3,(H,17,18). The van der Waals surface area contributed by atoms with E-state index in [0.29, 0.717) is 5.25 Å². The number of benzene rings is 1. The van der Waals surface area contributed by atoms with Crippen LogP contribution in [0.1, 0.15) is 29.6 Å². The number of hydrogen-bond acceptors (Lipinski definition) is 5. The van der Waals surface area contributed by atoms with Gasteiger partial charge < -0.3 is 10.4 Å². The lowest BCUT2D eigenvalue weighted by molar-refractivity contribution is -0.384. The summed E-state index contributed by atoms with van der Waals surface area (Å²) < 4.78 is 13.7. The van der Waals surface area contributed by atoms with Crippen molar-refractivity contribution in [2.45, 2.75) is 30.6 Å². The lowest BCUT2D eigenvalue weighted by atomic mass is 10.1. The zero-order valence-corrected chi connectivity index (χ0v) is 12.2. The molecular weight excluding hydrogens is 299 g/mol. The van der Waals surface area contributed by atoms with Gasteiger partial charge in [0.1, 0.15) is 17.1 Å². The number of carbonyl (C=O) groups is 1. The van der Waals surface area contributed by atoms with Gasteiger partial charge in [0.2, 0.25) is 0 Å². The summed E-state index contributed by atoms with van der Waals surface area (Å²) in [7, 11) is 0. The smallest absolute Gasteiger partial charge is 0.338 e. The van der Waals surface area contributed by atoms with Gasteiger partial charge in [0.25, 0.3) is 5.69 Å². The van der Waals surface area contributed by atoms with Crippen LogP contribution < -0.4 is 5.32 Å². The molecule has 2 N–H and O–H groups in total. The van der Waals surface area contributed by atoms with Crippen molar-refractivity contribution in [3.63, 3.8) is 0 Å². The first-order chi connectivity index (χ1) is 9.92. The van der Waals surface area contributed by atoms with E-state index in [9.17, 15) is 19.3 Å². The largest absolute Gasteiger partial charge is 0.478 e. The highest BCUT2D eigenvalue weighted by Gasteiger charge is 2.27. The number of carboxylic acids is 1. The summed E-state index contributed by atoms with van der Waals surface area (Å²) in [6, 6.07) is 1.70. The molecule has 2 atom stereocenters. The van der Waals surface area contributed by atoms with E-state index in [4.69, 9.17) is 5.11 Å². The highest BCUT2D eigenvalue weighted by molar-refractivity contribution is 7.99. The Morgan fingerprint density at radius 1 is 1.52 bits per heavy atom. The molecular formula is C13H15FN2O4S. The lowest BCUT2D eigenvalue weighted by Gasteiger charge is -2.15. The maximum absolute atomic E-state index is 13.7. The highest BCUT2D eigenvalue weighted by Crippen LogP contribution is 2.34. The SMILES string of the molecule is CSC1CCC(Nc2cc(F)c(C(=O)O)cc2[N+](=O)[O-])C1. The fourth-order valence-electron chi connectivity index (χ4n) is 2.50.